The summed E-state index contributed by atoms with van der Waals surface area (Å²) in [6, 6.07) is -1.19. The molecule has 9 rings (SSSR count). The zero-order valence-corrected chi connectivity index (χ0v) is 63.3. The van der Waals surface area contributed by atoms with Gasteiger partial charge in [0.2, 0.25) is 5.91 Å². The molecule has 9 aliphatic rings. The maximum absolute atomic E-state index is 12.0. The van der Waals surface area contributed by atoms with Crippen molar-refractivity contribution < 1.29 is 233 Å². The summed E-state index contributed by atoms with van der Waals surface area (Å²) >= 11 is 0. The van der Waals surface area contributed by atoms with Gasteiger partial charge in [-0.1, -0.05) is 40.0 Å². The first-order chi connectivity index (χ1) is 54.5. The van der Waals surface area contributed by atoms with Gasteiger partial charge in [0.15, 0.2) is 50.3 Å². The van der Waals surface area contributed by atoms with Gasteiger partial charge in [-0.2, -0.15) is 0 Å². The fourth-order valence-electron chi connectivity index (χ4n) is 13.8. The molecule has 48 heteroatoms. The van der Waals surface area contributed by atoms with E-state index < -0.39 is 341 Å². The van der Waals surface area contributed by atoms with Crippen molar-refractivity contribution in [2.75, 3.05) is 72.7 Å². The molecule has 115 heavy (non-hydrogen) atoms. The van der Waals surface area contributed by atoms with Crippen LogP contribution in [0.15, 0.2) is 0 Å². The van der Waals surface area contributed by atoms with Gasteiger partial charge in [-0.15, -0.1) is 0 Å². The van der Waals surface area contributed by atoms with Crippen molar-refractivity contribution in [3.05, 3.63) is 0 Å². The molecule has 1 unspecified atom stereocenters. The van der Waals surface area contributed by atoms with E-state index in [1.807, 2.05) is 20.8 Å². The molecule has 0 aliphatic carbocycles. The van der Waals surface area contributed by atoms with Crippen LogP contribution in [0.25, 0.3) is 0 Å². The Labute approximate surface area is 657 Å². The lowest BCUT2D eigenvalue weighted by Crippen LogP contribution is -2.68. The fourth-order valence-corrected chi connectivity index (χ4v) is 13.8. The standard InChI is InChI=1S/C23H41NO16.C22H40O16.C22H40O15/c1-3-4-35-21-12(24-8(2)27)20(40-23-19(34)17(32)14(29)10(6-26)38-23)15(30)11(39-21)7-36-22-18(33)16(31)13(28)9(5-25)37-22;1-2-3-4-33-21-18(32)19(38-22-17(31)15(29)12(26)9(6-24)36-22)13(27)10(37-21)7-34-20-16(30)14(28)11(25)8(5-23)35-20;1-2-3-4-8-14(27)20(37-22-19(32)17(30)13(26)10(6-24)36-22)15(28)11(34-8)7-33-21-18(31)16(29)12(25)9(5-23)35-21/h9-23,25-26,28-34H,3-7H2,1-2H3,(H,24,27);8-32H,2-7H2,1H3;8-32H,2-7H2,1H3/t9-,10-,11-,12-,13-,14-,15-,16+,17+,18+,19+,20-,21-,22+,23-;8-,9-,10-,11-,12-,13-,14+,15+,16+,17+,18+,19+,20+,21+,22-;8-,9-,10-,11-,12-,13-,14-,15-,16+,17+,18+,19+,20-,21?,22-/m111/s1. The average molecular weight is 1690 g/mol. The molecule has 30 N–H and O–H groups in total. The predicted molar refractivity (Wildman–Crippen MR) is 365 cm³/mol. The maximum Gasteiger partial charge on any atom is 0.217 e. The lowest BCUT2D eigenvalue weighted by Gasteiger charge is -2.48. The molecule has 9 aliphatic heterocycles. The lowest BCUT2D eigenvalue weighted by atomic mass is 9.91. The third-order valence-corrected chi connectivity index (χ3v) is 20.8. The van der Waals surface area contributed by atoms with Crippen molar-refractivity contribution in [1.82, 2.24) is 5.32 Å². The SMILES string of the molecule is CCCCO[C@H]1O[C@H](CO[C@H]2O[C@H](CO)[C@@H](O)[C@H](O)[C@@H]2O)[C@@H](O)[C@H](O[C@H]2O[C@H](CO)[C@@H](O)[C@H](O)[C@@H]2O)[C@@H]1O.CCCC[C@H]1O[C@H](COC2O[C@H](CO)[C@@H](O)[C@H](O)[C@@H]2O)[C@@H](O)[C@H](O[C@H]2O[C@H](CO)[C@@H](O)[C@H](O)[C@@H]2O)[C@@H]1O.CCCO[C@@H]1O[C@H](CO[C@H]2O[C@H](CO)[C@@H](O)[C@H](O)[C@@H]2O)[C@@H](O)[C@H](O[C@H]2O[C@H](CO)[C@@H](O)[C@H](O)[C@@H]2O)[C@H]1NC(C)=O. The van der Waals surface area contributed by atoms with E-state index in [2.05, 4.69) is 5.32 Å². The number of unbranched alkanes of at least 4 members (excludes halogenated alkanes) is 2. The van der Waals surface area contributed by atoms with Gasteiger partial charge in [0.1, 0.15) is 220 Å². The summed E-state index contributed by atoms with van der Waals surface area (Å²) in [5, 5.41) is 296. The molecule has 0 aromatic carbocycles. The molecule has 0 radical (unpaired) electrons. The number of nitrogens with one attached hydrogen (secondary N) is 1. The number of carbonyl (C=O) groups excluding carboxylic acids is 1. The normalized spacial score (nSPS) is 47.9. The maximum atomic E-state index is 12.0. The number of ether oxygens (including phenoxy) is 17. The highest BCUT2D eigenvalue weighted by atomic mass is 16.8. The Kier molecular flexibility index (Phi) is 40.7. The molecule has 48 nitrogen and oxygen atoms in total. The highest BCUT2D eigenvalue weighted by Gasteiger charge is 2.57. The van der Waals surface area contributed by atoms with Crippen LogP contribution in [-0.2, 0) is 85.3 Å². The molecule has 0 bridgehead atoms. The van der Waals surface area contributed by atoms with Crippen molar-refractivity contribution in [2.45, 2.75) is 342 Å². The summed E-state index contributed by atoms with van der Waals surface area (Å²) in [6.45, 7) is 1.53. The Morgan fingerprint density at radius 1 is 0.261 bits per heavy atom. The molecule has 9 fully saturated rings. The smallest absolute Gasteiger partial charge is 0.217 e. The van der Waals surface area contributed by atoms with E-state index in [9.17, 15) is 153 Å². The van der Waals surface area contributed by atoms with E-state index in [0.717, 1.165) is 12.8 Å². The summed E-state index contributed by atoms with van der Waals surface area (Å²) < 4.78 is 94.2. The molecule has 0 aromatic heterocycles. The Morgan fingerprint density at radius 2 is 0.522 bits per heavy atom. The number of carbonyl (C=O) groups is 1. The molecule has 1 amide bonds. The highest BCUT2D eigenvalue weighted by molar-refractivity contribution is 5.73. The molecular formula is C67H121NO47. The van der Waals surface area contributed by atoms with Crippen LogP contribution in [0.2, 0.25) is 0 Å². The molecular weight excluding hydrogens is 1570 g/mol. The minimum atomic E-state index is -1.82. The Bertz CT molecular complexity index is 2730. The Morgan fingerprint density at radius 3 is 0.843 bits per heavy atom. The van der Waals surface area contributed by atoms with Crippen LogP contribution in [0.5, 0.6) is 0 Å². The second-order valence-corrected chi connectivity index (χ2v) is 29.2. The zero-order valence-electron chi connectivity index (χ0n) is 63.3. The first-order valence-electron chi connectivity index (χ1n) is 38.1. The molecule has 45 atom stereocenters. The van der Waals surface area contributed by atoms with Crippen molar-refractivity contribution in [2.24, 2.45) is 0 Å². The van der Waals surface area contributed by atoms with Gasteiger partial charge in [-0.25, -0.2) is 0 Å². The van der Waals surface area contributed by atoms with E-state index in [1.54, 1.807) is 0 Å². The Hall–Kier alpha value is -2.37. The monoisotopic (exact) mass is 1690 g/mol. The van der Waals surface area contributed by atoms with E-state index in [1.165, 1.54) is 6.92 Å². The third-order valence-electron chi connectivity index (χ3n) is 20.8. The second-order valence-electron chi connectivity index (χ2n) is 29.2. The highest BCUT2D eigenvalue weighted by Crippen LogP contribution is 2.37. The summed E-state index contributed by atoms with van der Waals surface area (Å²) in [5.74, 6) is -0.552. The summed E-state index contributed by atoms with van der Waals surface area (Å²) in [7, 11) is 0. The van der Waals surface area contributed by atoms with Gasteiger partial charge >= 0.3 is 0 Å². The van der Waals surface area contributed by atoms with Crippen LogP contribution in [0.4, 0.5) is 0 Å². The van der Waals surface area contributed by atoms with Crippen molar-refractivity contribution >= 4 is 5.91 Å². The Balaban J connectivity index is 0.000000239. The third kappa shape index (κ3) is 24.6. The molecule has 676 valence electrons. The van der Waals surface area contributed by atoms with Crippen LogP contribution in [0.1, 0.15) is 66.2 Å². The zero-order chi connectivity index (χ0) is 85.3. The van der Waals surface area contributed by atoms with E-state index in [4.69, 9.17) is 80.5 Å². The first kappa shape index (κ1) is 99.7. The molecule has 9 saturated heterocycles. The number of aliphatic hydroxyl groups excluding tert-OH is 29. The molecule has 9 heterocycles. The minimum Gasteiger partial charge on any atom is -0.394 e. The largest absolute Gasteiger partial charge is 0.394 e. The lowest BCUT2D eigenvalue weighted by molar-refractivity contribution is -0.366. The van der Waals surface area contributed by atoms with Gasteiger partial charge in [-0.05, 0) is 19.3 Å². The van der Waals surface area contributed by atoms with E-state index in [-0.39, 0.29) is 13.2 Å². The minimum absolute atomic E-state index is 0.157. The van der Waals surface area contributed by atoms with E-state index in [0.29, 0.717) is 25.7 Å². The van der Waals surface area contributed by atoms with Crippen molar-refractivity contribution in [3.63, 3.8) is 0 Å². The van der Waals surface area contributed by atoms with Crippen molar-refractivity contribution in [3.8, 4) is 0 Å². The van der Waals surface area contributed by atoms with Crippen LogP contribution >= 0.6 is 0 Å². The number of amides is 1. The van der Waals surface area contributed by atoms with Gasteiger partial charge in [0.05, 0.1) is 65.6 Å². The van der Waals surface area contributed by atoms with Crippen LogP contribution < -0.4 is 5.32 Å². The average Bonchev–Trinajstić information content (AvgIpc) is 0.719. The van der Waals surface area contributed by atoms with Gasteiger partial charge in [0.25, 0.3) is 0 Å². The number of hydrogen-bond donors (Lipinski definition) is 30. The number of rotatable bonds is 32. The quantitative estimate of drug-likeness (QED) is 0.0278. The topological polar surface area (TPSA) is 773 Å². The summed E-state index contributed by atoms with van der Waals surface area (Å²) in [5.41, 5.74) is 0. The summed E-state index contributed by atoms with van der Waals surface area (Å²) in [6.07, 6.45) is -63.6. The molecule has 0 saturated carbocycles. The number of hydrogen-bond acceptors (Lipinski definition) is 47. The van der Waals surface area contributed by atoms with Gasteiger partial charge in [0, 0.05) is 20.1 Å². The summed E-state index contributed by atoms with van der Waals surface area (Å²) in [4.78, 5) is 12.0. The second kappa shape index (κ2) is 46.9. The van der Waals surface area contributed by atoms with E-state index >= 15 is 0 Å². The fraction of sp³-hybridized carbons (Fsp3) is 0.985. The van der Waals surface area contributed by atoms with Crippen LogP contribution in [-0.4, -0.2) is 503 Å². The predicted octanol–water partition coefficient (Wildman–Crippen LogP) is -17.1. The molecule has 0 aromatic rings. The van der Waals surface area contributed by atoms with Crippen molar-refractivity contribution in [1.29, 1.82) is 0 Å². The van der Waals surface area contributed by atoms with Gasteiger partial charge in [-0.3, -0.25) is 4.79 Å². The first-order valence-corrected chi connectivity index (χ1v) is 38.1. The van der Waals surface area contributed by atoms with Crippen LogP contribution in [0.3, 0.4) is 0 Å². The number of aliphatic hydroxyl groups is 29. The molecule has 0 spiro atoms. The van der Waals surface area contributed by atoms with Crippen LogP contribution in [0, 0.1) is 0 Å². The van der Waals surface area contributed by atoms with Gasteiger partial charge < -0.3 is 234 Å².